The quantitative estimate of drug-likeness (QED) is 0.681. The Kier molecular flexibility index (Phi) is 2.62. The van der Waals surface area contributed by atoms with Gasteiger partial charge in [0.15, 0.2) is 0 Å². The van der Waals surface area contributed by atoms with Crippen molar-refractivity contribution in [3.8, 4) is 11.3 Å². The first-order valence-electron chi connectivity index (χ1n) is 6.89. The molecule has 0 fully saturated rings. The highest BCUT2D eigenvalue weighted by Gasteiger charge is 2.23. The number of hydrogen-bond acceptors (Lipinski definition) is 1. The van der Waals surface area contributed by atoms with Crippen molar-refractivity contribution in [3.63, 3.8) is 0 Å². The second-order valence-electron chi connectivity index (χ2n) is 5.40. The fraction of sp³-hybridized carbons (Fsp3) is 0.176. The minimum Gasteiger partial charge on any atom is -0.354 e. The van der Waals surface area contributed by atoms with Gasteiger partial charge in [0.05, 0.1) is 0 Å². The Morgan fingerprint density at radius 2 is 1.90 bits per heavy atom. The van der Waals surface area contributed by atoms with Gasteiger partial charge in [-0.05, 0) is 47.7 Å². The Labute approximate surface area is 122 Å². The van der Waals surface area contributed by atoms with E-state index < -0.39 is 0 Å². The van der Waals surface area contributed by atoms with Crippen LogP contribution < -0.4 is 5.73 Å². The van der Waals surface area contributed by atoms with Gasteiger partial charge >= 0.3 is 0 Å². The minimum absolute atomic E-state index is 0.153. The number of benzene rings is 2. The van der Waals surface area contributed by atoms with Crippen molar-refractivity contribution in [3.05, 3.63) is 58.6 Å². The lowest BCUT2D eigenvalue weighted by molar-refractivity contribution is 0.644. The van der Waals surface area contributed by atoms with Crippen LogP contribution in [0, 0.1) is 0 Å². The van der Waals surface area contributed by atoms with Crippen LogP contribution in [0.2, 0.25) is 5.02 Å². The number of hydrogen-bond donors (Lipinski definition) is 2. The van der Waals surface area contributed by atoms with Gasteiger partial charge in [0.25, 0.3) is 0 Å². The number of nitrogens with two attached hydrogens (primary N) is 1. The number of nitrogens with one attached hydrogen (secondary N) is 1. The van der Waals surface area contributed by atoms with Gasteiger partial charge in [-0.1, -0.05) is 35.9 Å². The van der Waals surface area contributed by atoms with E-state index in [9.17, 15) is 0 Å². The maximum atomic E-state index is 6.24. The summed E-state index contributed by atoms with van der Waals surface area (Å²) in [6.07, 6.45) is 2.03. The molecule has 0 saturated heterocycles. The summed E-state index contributed by atoms with van der Waals surface area (Å²) in [5.41, 5.74) is 12.5. The third-order valence-electron chi connectivity index (χ3n) is 4.20. The van der Waals surface area contributed by atoms with Crippen molar-refractivity contribution >= 4 is 22.5 Å². The summed E-state index contributed by atoms with van der Waals surface area (Å²) in [4.78, 5) is 3.55. The molecule has 2 nitrogen and oxygen atoms in total. The molecule has 3 aromatic rings. The molecule has 2 aromatic carbocycles. The molecule has 1 aromatic heterocycles. The number of rotatable bonds is 1. The van der Waals surface area contributed by atoms with Gasteiger partial charge < -0.3 is 10.7 Å². The Balaban J connectivity index is 2.01. The third kappa shape index (κ3) is 1.69. The number of aromatic nitrogens is 1. The normalized spacial score (nSPS) is 17.6. The molecule has 3 N–H and O–H groups in total. The molecule has 0 amide bonds. The summed E-state index contributed by atoms with van der Waals surface area (Å²) < 4.78 is 0. The molecule has 3 heteroatoms. The van der Waals surface area contributed by atoms with Crippen molar-refractivity contribution in [2.24, 2.45) is 5.73 Å². The zero-order valence-corrected chi connectivity index (χ0v) is 11.7. The van der Waals surface area contributed by atoms with Gasteiger partial charge in [0.1, 0.15) is 0 Å². The second-order valence-corrected chi connectivity index (χ2v) is 5.84. The summed E-state index contributed by atoms with van der Waals surface area (Å²) >= 11 is 5.98. The molecule has 4 rings (SSSR count). The van der Waals surface area contributed by atoms with Crippen LogP contribution in [0.15, 0.2) is 42.5 Å². The molecule has 0 spiro atoms. The van der Waals surface area contributed by atoms with Gasteiger partial charge in [-0.3, -0.25) is 0 Å². The van der Waals surface area contributed by atoms with Gasteiger partial charge in [0.2, 0.25) is 0 Å². The lowest BCUT2D eigenvalue weighted by Gasteiger charge is -2.20. The molecule has 1 heterocycles. The van der Waals surface area contributed by atoms with Crippen molar-refractivity contribution in [1.29, 1.82) is 0 Å². The number of halogens is 1. The molecule has 1 aliphatic carbocycles. The zero-order chi connectivity index (χ0) is 13.7. The third-order valence-corrected chi connectivity index (χ3v) is 4.45. The van der Waals surface area contributed by atoms with E-state index in [2.05, 4.69) is 35.3 Å². The van der Waals surface area contributed by atoms with Gasteiger partial charge in [-0.2, -0.15) is 0 Å². The fourth-order valence-corrected chi connectivity index (χ4v) is 3.35. The number of H-pyrrole nitrogens is 1. The predicted molar refractivity (Wildman–Crippen MR) is 84.0 cm³/mol. The molecule has 1 aliphatic rings. The summed E-state index contributed by atoms with van der Waals surface area (Å²) in [5.74, 6) is 0. The maximum absolute atomic E-state index is 6.24. The van der Waals surface area contributed by atoms with Crippen LogP contribution in [0.25, 0.3) is 22.2 Å². The Hall–Kier alpha value is -1.77. The van der Waals surface area contributed by atoms with Crippen LogP contribution in [-0.2, 0) is 6.42 Å². The highest BCUT2D eigenvalue weighted by Crippen LogP contribution is 2.39. The highest BCUT2D eigenvalue weighted by molar-refractivity contribution is 6.30. The Bertz CT molecular complexity index is 787. The predicted octanol–water partition coefficient (Wildman–Crippen LogP) is 4.43. The first kappa shape index (κ1) is 12.0. The van der Waals surface area contributed by atoms with Gasteiger partial charge in [-0.15, -0.1) is 0 Å². The molecule has 20 heavy (non-hydrogen) atoms. The van der Waals surface area contributed by atoms with E-state index in [1.165, 1.54) is 33.3 Å². The maximum Gasteiger partial charge on any atom is 0.0497 e. The zero-order valence-electron chi connectivity index (χ0n) is 11.0. The van der Waals surface area contributed by atoms with Crippen LogP contribution in [-0.4, -0.2) is 4.98 Å². The molecule has 0 saturated carbocycles. The topological polar surface area (TPSA) is 41.8 Å². The first-order valence-corrected chi connectivity index (χ1v) is 7.27. The number of aromatic amines is 1. The van der Waals surface area contributed by atoms with Crippen molar-refractivity contribution < 1.29 is 0 Å². The summed E-state index contributed by atoms with van der Waals surface area (Å²) in [5, 5.41) is 2.08. The van der Waals surface area contributed by atoms with Crippen molar-refractivity contribution in [2.45, 2.75) is 18.9 Å². The summed E-state index contributed by atoms with van der Waals surface area (Å²) in [6, 6.07) is 14.5. The number of aryl methyl sites for hydroxylation is 1. The van der Waals surface area contributed by atoms with Gasteiger partial charge in [-0.25, -0.2) is 0 Å². The second kappa shape index (κ2) is 4.37. The van der Waals surface area contributed by atoms with Crippen LogP contribution in [0.1, 0.15) is 23.6 Å². The Morgan fingerprint density at radius 3 is 2.70 bits per heavy atom. The molecular formula is C17H15ClN2. The SMILES string of the molecule is NC1CCc2c(-c3ccc(Cl)cc3)[nH]c3cccc1c23. The molecule has 1 atom stereocenters. The standard InChI is InChI=1S/C17H15ClN2/c18-11-6-4-10(5-7-11)17-13-8-9-14(19)12-2-1-3-15(20-17)16(12)13/h1-7,14,20H,8-9,19H2. The summed E-state index contributed by atoms with van der Waals surface area (Å²) in [6.45, 7) is 0. The molecule has 0 radical (unpaired) electrons. The minimum atomic E-state index is 0.153. The van der Waals surface area contributed by atoms with E-state index in [0.717, 1.165) is 17.9 Å². The van der Waals surface area contributed by atoms with E-state index in [0.29, 0.717) is 0 Å². The van der Waals surface area contributed by atoms with Crippen LogP contribution in [0.5, 0.6) is 0 Å². The average Bonchev–Trinajstić information content (AvgIpc) is 2.84. The van der Waals surface area contributed by atoms with Crippen LogP contribution in [0.3, 0.4) is 0 Å². The van der Waals surface area contributed by atoms with Crippen molar-refractivity contribution in [2.75, 3.05) is 0 Å². The molecule has 0 aliphatic heterocycles. The van der Waals surface area contributed by atoms with E-state index >= 15 is 0 Å². The smallest absolute Gasteiger partial charge is 0.0497 e. The molecular weight excluding hydrogens is 268 g/mol. The molecule has 0 bridgehead atoms. The van der Waals surface area contributed by atoms with E-state index in [4.69, 9.17) is 17.3 Å². The highest BCUT2D eigenvalue weighted by atomic mass is 35.5. The fourth-order valence-electron chi connectivity index (χ4n) is 3.22. The summed E-state index contributed by atoms with van der Waals surface area (Å²) in [7, 11) is 0. The largest absolute Gasteiger partial charge is 0.354 e. The van der Waals surface area contributed by atoms with E-state index in [-0.39, 0.29) is 6.04 Å². The van der Waals surface area contributed by atoms with Crippen LogP contribution >= 0.6 is 11.6 Å². The van der Waals surface area contributed by atoms with Gasteiger partial charge in [0, 0.05) is 27.7 Å². The first-order chi connectivity index (χ1) is 9.74. The molecule has 100 valence electrons. The Morgan fingerprint density at radius 1 is 1.10 bits per heavy atom. The van der Waals surface area contributed by atoms with Crippen molar-refractivity contribution in [1.82, 2.24) is 4.98 Å². The lowest BCUT2D eigenvalue weighted by atomic mass is 9.87. The monoisotopic (exact) mass is 282 g/mol. The van der Waals surface area contributed by atoms with E-state index in [1.807, 2.05) is 12.1 Å². The molecule has 1 unspecified atom stereocenters. The van der Waals surface area contributed by atoms with Crippen LogP contribution in [0.4, 0.5) is 0 Å². The lowest BCUT2D eigenvalue weighted by Crippen LogP contribution is -2.15. The van der Waals surface area contributed by atoms with E-state index in [1.54, 1.807) is 0 Å². The average molecular weight is 283 g/mol.